The SMILES string of the molecule is CCC(=O)N(CC(CC)(CO)CO)n1cc(-c2ccc(Oc3ccccc3)cc2)c2c(N)ncnc21. The Kier molecular flexibility index (Phi) is 7.52. The lowest BCUT2D eigenvalue weighted by Crippen LogP contribution is -2.50. The number of carbonyl (C=O) groups is 1. The van der Waals surface area contributed by atoms with E-state index in [0.717, 1.165) is 16.9 Å². The van der Waals surface area contributed by atoms with E-state index in [2.05, 4.69) is 9.97 Å². The van der Waals surface area contributed by atoms with Crippen molar-refractivity contribution in [3.8, 4) is 22.6 Å². The number of benzene rings is 2. The van der Waals surface area contributed by atoms with E-state index in [4.69, 9.17) is 10.5 Å². The number of nitrogen functional groups attached to an aromatic ring is 1. The monoisotopic (exact) mass is 489 g/mol. The number of para-hydroxylation sites is 1. The number of aliphatic hydroxyl groups excluding tert-OH is 2. The van der Waals surface area contributed by atoms with E-state index in [1.54, 1.807) is 17.8 Å². The maximum atomic E-state index is 13.1. The summed E-state index contributed by atoms with van der Waals surface area (Å²) in [6.07, 6.45) is 3.87. The first-order valence-electron chi connectivity index (χ1n) is 11.9. The minimum Gasteiger partial charge on any atom is -0.457 e. The van der Waals surface area contributed by atoms with Gasteiger partial charge in [-0.25, -0.2) is 19.7 Å². The third-order valence-electron chi connectivity index (χ3n) is 6.49. The second-order valence-corrected chi connectivity index (χ2v) is 8.76. The molecule has 0 radical (unpaired) electrons. The molecular formula is C27H31N5O4. The molecular weight excluding hydrogens is 458 g/mol. The van der Waals surface area contributed by atoms with Crippen LogP contribution >= 0.6 is 0 Å². The molecule has 0 fully saturated rings. The number of aromatic nitrogens is 3. The average Bonchev–Trinajstić information content (AvgIpc) is 3.31. The lowest BCUT2D eigenvalue weighted by molar-refractivity contribution is -0.120. The summed E-state index contributed by atoms with van der Waals surface area (Å²) in [6, 6.07) is 17.1. The van der Waals surface area contributed by atoms with Crippen molar-refractivity contribution in [1.29, 1.82) is 0 Å². The Morgan fingerprint density at radius 3 is 2.31 bits per heavy atom. The van der Waals surface area contributed by atoms with Crippen molar-refractivity contribution in [1.82, 2.24) is 14.6 Å². The third kappa shape index (κ3) is 4.89. The molecule has 2 aromatic heterocycles. The smallest absolute Gasteiger partial charge is 0.241 e. The number of rotatable bonds is 10. The van der Waals surface area contributed by atoms with Gasteiger partial charge >= 0.3 is 0 Å². The maximum Gasteiger partial charge on any atom is 0.241 e. The highest BCUT2D eigenvalue weighted by atomic mass is 16.5. The van der Waals surface area contributed by atoms with Crippen LogP contribution < -0.4 is 15.5 Å². The average molecular weight is 490 g/mol. The van der Waals surface area contributed by atoms with E-state index in [-0.39, 0.29) is 37.9 Å². The molecule has 4 aromatic rings. The fraction of sp³-hybridized carbons (Fsp3) is 0.296. The summed E-state index contributed by atoms with van der Waals surface area (Å²) in [7, 11) is 0. The Bertz CT molecular complexity index is 1310. The van der Waals surface area contributed by atoms with Gasteiger partial charge < -0.3 is 20.7 Å². The number of anilines is 1. The van der Waals surface area contributed by atoms with Gasteiger partial charge in [-0.2, -0.15) is 0 Å². The minimum atomic E-state index is -0.864. The molecule has 2 heterocycles. The topological polar surface area (TPSA) is 127 Å². The van der Waals surface area contributed by atoms with Crippen LogP contribution in [0.4, 0.5) is 5.82 Å². The van der Waals surface area contributed by atoms with Gasteiger partial charge in [0.2, 0.25) is 5.91 Å². The van der Waals surface area contributed by atoms with Crippen molar-refractivity contribution in [2.45, 2.75) is 26.7 Å². The Balaban J connectivity index is 1.78. The Hall–Kier alpha value is -3.95. The van der Waals surface area contributed by atoms with Gasteiger partial charge in [0.1, 0.15) is 23.6 Å². The van der Waals surface area contributed by atoms with Crippen LogP contribution in [0.2, 0.25) is 0 Å². The van der Waals surface area contributed by atoms with E-state index in [9.17, 15) is 15.0 Å². The fourth-order valence-electron chi connectivity index (χ4n) is 4.07. The van der Waals surface area contributed by atoms with Crippen LogP contribution in [-0.2, 0) is 4.79 Å². The van der Waals surface area contributed by atoms with Crippen LogP contribution in [-0.4, -0.2) is 50.5 Å². The summed E-state index contributed by atoms with van der Waals surface area (Å²) in [5.41, 5.74) is 7.47. The third-order valence-corrected chi connectivity index (χ3v) is 6.49. The van der Waals surface area contributed by atoms with Gasteiger partial charge in [0.25, 0.3) is 0 Å². The summed E-state index contributed by atoms with van der Waals surface area (Å²) in [5.74, 6) is 1.52. The molecule has 0 spiro atoms. The highest BCUT2D eigenvalue weighted by molar-refractivity contribution is 6.02. The van der Waals surface area contributed by atoms with Crippen molar-refractivity contribution in [2.75, 3.05) is 30.5 Å². The zero-order chi connectivity index (χ0) is 25.7. The highest BCUT2D eigenvalue weighted by Gasteiger charge is 2.33. The number of nitrogens with zero attached hydrogens (tertiary/aromatic N) is 4. The molecule has 0 saturated carbocycles. The summed E-state index contributed by atoms with van der Waals surface area (Å²) in [6.45, 7) is 3.22. The van der Waals surface area contributed by atoms with E-state index < -0.39 is 5.41 Å². The summed E-state index contributed by atoms with van der Waals surface area (Å²) in [4.78, 5) is 21.7. The molecule has 9 nitrogen and oxygen atoms in total. The van der Waals surface area contributed by atoms with Gasteiger partial charge in [-0.3, -0.25) is 4.79 Å². The molecule has 4 rings (SSSR count). The quantitative estimate of drug-likeness (QED) is 0.310. The Morgan fingerprint density at radius 2 is 1.69 bits per heavy atom. The van der Waals surface area contributed by atoms with Gasteiger partial charge in [-0.15, -0.1) is 0 Å². The normalized spacial score (nSPS) is 11.6. The molecule has 0 atom stereocenters. The summed E-state index contributed by atoms with van der Waals surface area (Å²) in [5, 5.41) is 22.2. The number of fused-ring (bicyclic) bond motifs is 1. The minimum absolute atomic E-state index is 0.111. The zero-order valence-electron chi connectivity index (χ0n) is 20.5. The standard InChI is InChI=1S/C27H31N5O4/c1-3-23(35)32(15-27(4-2,16-33)17-34)31-14-22(24-25(28)29-18-30-26(24)31)19-10-12-21(13-11-19)36-20-8-6-5-7-9-20/h5-14,18,33-34H,3-4,15-17H2,1-2H3,(H2,28,29,30). The van der Waals surface area contributed by atoms with Gasteiger partial charge in [0.15, 0.2) is 5.65 Å². The molecule has 0 bridgehead atoms. The van der Waals surface area contributed by atoms with Gasteiger partial charge in [-0.05, 0) is 36.2 Å². The van der Waals surface area contributed by atoms with Gasteiger partial charge in [0, 0.05) is 23.6 Å². The van der Waals surface area contributed by atoms with Crippen LogP contribution in [0.5, 0.6) is 11.5 Å². The van der Waals surface area contributed by atoms with Crippen molar-refractivity contribution in [3.05, 3.63) is 67.1 Å². The lowest BCUT2D eigenvalue weighted by Gasteiger charge is -2.35. The van der Waals surface area contributed by atoms with Crippen LogP contribution in [0.1, 0.15) is 26.7 Å². The van der Waals surface area contributed by atoms with Crippen molar-refractivity contribution < 1.29 is 19.7 Å². The number of ether oxygens (including phenoxy) is 1. The second-order valence-electron chi connectivity index (χ2n) is 8.76. The second kappa shape index (κ2) is 10.8. The fourth-order valence-corrected chi connectivity index (χ4v) is 4.07. The van der Waals surface area contributed by atoms with Crippen LogP contribution in [0.3, 0.4) is 0 Å². The first kappa shape index (κ1) is 25.2. The number of hydrogen-bond acceptors (Lipinski definition) is 7. The molecule has 9 heteroatoms. The van der Waals surface area contributed by atoms with E-state index in [1.165, 1.54) is 11.3 Å². The molecule has 0 aliphatic heterocycles. The molecule has 0 aliphatic carbocycles. The molecule has 0 aliphatic rings. The number of hydrogen-bond donors (Lipinski definition) is 3. The van der Waals surface area contributed by atoms with Gasteiger partial charge in [-0.1, -0.05) is 44.2 Å². The maximum absolute atomic E-state index is 13.1. The summed E-state index contributed by atoms with van der Waals surface area (Å²) < 4.78 is 7.56. The molecule has 1 amide bonds. The molecule has 4 N–H and O–H groups in total. The number of aliphatic hydroxyl groups is 2. The molecule has 0 unspecified atom stereocenters. The van der Waals surface area contributed by atoms with Crippen molar-refractivity contribution >= 4 is 22.8 Å². The zero-order valence-corrected chi connectivity index (χ0v) is 20.5. The molecule has 0 saturated heterocycles. The predicted molar refractivity (Wildman–Crippen MR) is 139 cm³/mol. The van der Waals surface area contributed by atoms with Crippen LogP contribution in [0, 0.1) is 5.41 Å². The van der Waals surface area contributed by atoms with Crippen LogP contribution in [0.25, 0.3) is 22.2 Å². The van der Waals surface area contributed by atoms with Crippen molar-refractivity contribution in [3.63, 3.8) is 0 Å². The molecule has 188 valence electrons. The summed E-state index contributed by atoms with van der Waals surface area (Å²) >= 11 is 0. The lowest BCUT2D eigenvalue weighted by atomic mass is 9.86. The highest BCUT2D eigenvalue weighted by Crippen LogP contribution is 2.35. The molecule has 2 aromatic carbocycles. The Morgan fingerprint density at radius 1 is 1.03 bits per heavy atom. The first-order valence-corrected chi connectivity index (χ1v) is 11.9. The van der Waals surface area contributed by atoms with E-state index in [1.807, 2.05) is 61.5 Å². The van der Waals surface area contributed by atoms with E-state index in [0.29, 0.717) is 23.2 Å². The first-order chi connectivity index (χ1) is 17.4. The van der Waals surface area contributed by atoms with Gasteiger partial charge in [0.05, 0.1) is 25.1 Å². The number of carbonyl (C=O) groups excluding carboxylic acids is 1. The Labute approximate surface area is 209 Å². The number of nitrogens with two attached hydrogens (primary N) is 1. The largest absolute Gasteiger partial charge is 0.457 e. The van der Waals surface area contributed by atoms with Crippen molar-refractivity contribution in [2.24, 2.45) is 5.41 Å². The molecule has 36 heavy (non-hydrogen) atoms. The van der Waals surface area contributed by atoms with E-state index >= 15 is 0 Å². The predicted octanol–water partition coefficient (Wildman–Crippen LogP) is 3.73. The number of amides is 1. The van der Waals surface area contributed by atoms with Crippen LogP contribution in [0.15, 0.2) is 67.1 Å².